The van der Waals surface area contributed by atoms with Gasteiger partial charge in [0, 0.05) is 19.6 Å². The number of hydrogen-bond donors (Lipinski definition) is 2. The van der Waals surface area contributed by atoms with E-state index in [4.69, 9.17) is 0 Å². The van der Waals surface area contributed by atoms with Gasteiger partial charge in [0.25, 0.3) is 0 Å². The van der Waals surface area contributed by atoms with Crippen LogP contribution in [0.15, 0.2) is 18.2 Å². The Morgan fingerprint density at radius 3 is 2.45 bits per heavy atom. The van der Waals surface area contributed by atoms with Gasteiger partial charge in [-0.25, -0.2) is 4.79 Å². The maximum absolute atomic E-state index is 12.0. The number of carbonyl (C=O) groups is 1. The molecule has 1 aliphatic rings. The van der Waals surface area contributed by atoms with Crippen molar-refractivity contribution in [1.29, 1.82) is 0 Å². The summed E-state index contributed by atoms with van der Waals surface area (Å²) in [6, 6.07) is 6.08. The van der Waals surface area contributed by atoms with Gasteiger partial charge in [-0.2, -0.15) is 0 Å². The Balaban J connectivity index is 2.44. The van der Waals surface area contributed by atoms with Gasteiger partial charge in [-0.15, -0.1) is 0 Å². The van der Waals surface area contributed by atoms with Crippen molar-refractivity contribution in [2.45, 2.75) is 32.7 Å². The summed E-state index contributed by atoms with van der Waals surface area (Å²) in [4.78, 5) is 14.1. The Labute approximate surface area is 120 Å². The molecule has 1 aliphatic heterocycles. The third-order valence-corrected chi connectivity index (χ3v) is 4.17. The lowest BCUT2D eigenvalue weighted by Gasteiger charge is -2.38. The topological polar surface area (TPSA) is 52.6 Å². The first-order valence-electron chi connectivity index (χ1n) is 7.22. The summed E-state index contributed by atoms with van der Waals surface area (Å²) in [5.41, 5.74) is 2.15. The Hall–Kier alpha value is -1.39. The normalized spacial score (nSPS) is 20.1. The van der Waals surface area contributed by atoms with Crippen LogP contribution in [0.1, 0.15) is 30.0 Å². The van der Waals surface area contributed by atoms with Crippen LogP contribution in [0.3, 0.4) is 0 Å². The number of aliphatic carboxylic acids is 1. The molecule has 1 heterocycles. The molecular formula is C16H24N2O2. The number of rotatable bonds is 3. The molecular weight excluding hydrogens is 252 g/mol. The van der Waals surface area contributed by atoms with E-state index in [1.54, 1.807) is 0 Å². The van der Waals surface area contributed by atoms with Crippen molar-refractivity contribution in [1.82, 2.24) is 10.2 Å². The van der Waals surface area contributed by atoms with E-state index < -0.39 is 11.5 Å². The summed E-state index contributed by atoms with van der Waals surface area (Å²) in [6.45, 7) is 9.23. The van der Waals surface area contributed by atoms with E-state index >= 15 is 0 Å². The van der Waals surface area contributed by atoms with Crippen molar-refractivity contribution in [2.75, 3.05) is 26.2 Å². The molecule has 2 rings (SSSR count). The predicted octanol–water partition coefficient (Wildman–Crippen LogP) is 1.90. The van der Waals surface area contributed by atoms with E-state index in [1.807, 2.05) is 32.9 Å². The van der Waals surface area contributed by atoms with Crippen LogP contribution in [0.4, 0.5) is 0 Å². The molecule has 0 radical (unpaired) electrons. The highest BCUT2D eigenvalue weighted by Gasteiger charge is 2.41. The second-order valence-electron chi connectivity index (χ2n) is 5.84. The van der Waals surface area contributed by atoms with Crippen LogP contribution in [-0.4, -0.2) is 42.2 Å². The molecule has 1 atom stereocenters. The van der Waals surface area contributed by atoms with Gasteiger partial charge in [-0.05, 0) is 39.3 Å². The molecule has 110 valence electrons. The zero-order chi connectivity index (χ0) is 14.8. The van der Waals surface area contributed by atoms with Gasteiger partial charge < -0.3 is 10.4 Å². The molecule has 1 aromatic carbocycles. The van der Waals surface area contributed by atoms with Crippen LogP contribution >= 0.6 is 0 Å². The standard InChI is InChI=1S/C16H24N2O2/c1-12-9-13(2)11-14(10-12)16(3,15(19)20)18-7-4-5-17-6-8-18/h9-11,17H,4-8H2,1-3H3,(H,19,20). The van der Waals surface area contributed by atoms with Crippen molar-refractivity contribution in [3.63, 3.8) is 0 Å². The first kappa shape index (κ1) is 15.0. The number of carboxylic acids is 1. The van der Waals surface area contributed by atoms with Gasteiger partial charge in [-0.3, -0.25) is 4.90 Å². The van der Waals surface area contributed by atoms with E-state index in [9.17, 15) is 9.90 Å². The van der Waals surface area contributed by atoms with E-state index in [1.165, 1.54) is 0 Å². The van der Waals surface area contributed by atoms with Crippen molar-refractivity contribution < 1.29 is 9.90 Å². The van der Waals surface area contributed by atoms with Crippen LogP contribution in [0.2, 0.25) is 0 Å². The molecule has 0 spiro atoms. The number of carboxylic acid groups (broad SMARTS) is 1. The fraction of sp³-hybridized carbons (Fsp3) is 0.562. The van der Waals surface area contributed by atoms with Crippen molar-refractivity contribution in [3.05, 3.63) is 34.9 Å². The highest BCUT2D eigenvalue weighted by molar-refractivity contribution is 5.80. The number of hydrogen-bond acceptors (Lipinski definition) is 3. The van der Waals surface area contributed by atoms with E-state index in [0.29, 0.717) is 0 Å². The summed E-state index contributed by atoms with van der Waals surface area (Å²) in [6.07, 6.45) is 0.980. The molecule has 1 saturated heterocycles. The van der Waals surface area contributed by atoms with Crippen molar-refractivity contribution >= 4 is 5.97 Å². The number of aryl methyl sites for hydroxylation is 2. The van der Waals surface area contributed by atoms with Crippen LogP contribution < -0.4 is 5.32 Å². The smallest absolute Gasteiger partial charge is 0.328 e. The highest BCUT2D eigenvalue weighted by atomic mass is 16.4. The van der Waals surface area contributed by atoms with Gasteiger partial charge in [0.15, 0.2) is 0 Å². The second kappa shape index (κ2) is 5.94. The molecule has 0 saturated carbocycles. The highest BCUT2D eigenvalue weighted by Crippen LogP contribution is 2.30. The first-order chi connectivity index (χ1) is 9.44. The molecule has 4 nitrogen and oxygen atoms in total. The second-order valence-corrected chi connectivity index (χ2v) is 5.84. The lowest BCUT2D eigenvalue weighted by atomic mass is 9.87. The molecule has 1 fully saturated rings. The van der Waals surface area contributed by atoms with Gasteiger partial charge in [0.2, 0.25) is 0 Å². The van der Waals surface area contributed by atoms with Crippen LogP contribution in [-0.2, 0) is 10.3 Å². The Bertz CT molecular complexity index is 473. The average molecular weight is 276 g/mol. The Morgan fingerprint density at radius 1 is 1.20 bits per heavy atom. The third-order valence-electron chi connectivity index (χ3n) is 4.17. The summed E-state index contributed by atoms with van der Waals surface area (Å²) in [5.74, 6) is -0.774. The molecule has 1 aromatic rings. The minimum absolute atomic E-state index is 0.760. The maximum atomic E-state index is 12.0. The zero-order valence-corrected chi connectivity index (χ0v) is 12.6. The van der Waals surface area contributed by atoms with Crippen LogP contribution in [0, 0.1) is 13.8 Å². The van der Waals surface area contributed by atoms with E-state index in [0.717, 1.165) is 49.3 Å². The quantitative estimate of drug-likeness (QED) is 0.885. The molecule has 0 aromatic heterocycles. The molecule has 20 heavy (non-hydrogen) atoms. The lowest BCUT2D eigenvalue weighted by molar-refractivity contribution is -0.151. The first-order valence-corrected chi connectivity index (χ1v) is 7.22. The third kappa shape index (κ3) is 2.86. The minimum Gasteiger partial charge on any atom is -0.480 e. The largest absolute Gasteiger partial charge is 0.480 e. The van der Waals surface area contributed by atoms with Gasteiger partial charge >= 0.3 is 5.97 Å². The van der Waals surface area contributed by atoms with E-state index in [-0.39, 0.29) is 0 Å². The maximum Gasteiger partial charge on any atom is 0.328 e. The fourth-order valence-corrected chi connectivity index (χ4v) is 2.99. The zero-order valence-electron chi connectivity index (χ0n) is 12.6. The summed E-state index contributed by atoms with van der Waals surface area (Å²) < 4.78 is 0. The van der Waals surface area contributed by atoms with Gasteiger partial charge in [0.1, 0.15) is 5.54 Å². The lowest BCUT2D eigenvalue weighted by Crippen LogP contribution is -2.51. The summed E-state index contributed by atoms with van der Waals surface area (Å²) in [5, 5.41) is 13.2. The monoisotopic (exact) mass is 276 g/mol. The molecule has 0 bridgehead atoms. The van der Waals surface area contributed by atoms with Crippen LogP contribution in [0.25, 0.3) is 0 Å². The molecule has 2 N–H and O–H groups in total. The predicted molar refractivity (Wildman–Crippen MR) is 80.0 cm³/mol. The SMILES string of the molecule is Cc1cc(C)cc(C(C)(C(=O)O)N2CCCNCC2)c1. The van der Waals surface area contributed by atoms with Crippen molar-refractivity contribution in [2.24, 2.45) is 0 Å². The minimum atomic E-state index is -0.956. The number of benzene rings is 1. The van der Waals surface area contributed by atoms with E-state index in [2.05, 4.69) is 16.3 Å². The van der Waals surface area contributed by atoms with Gasteiger partial charge in [0.05, 0.1) is 0 Å². The fourth-order valence-electron chi connectivity index (χ4n) is 2.99. The Morgan fingerprint density at radius 2 is 1.85 bits per heavy atom. The molecule has 1 unspecified atom stereocenters. The average Bonchev–Trinajstić information content (AvgIpc) is 2.65. The number of nitrogens with zero attached hydrogens (tertiary/aromatic N) is 1. The summed E-state index contributed by atoms with van der Waals surface area (Å²) in [7, 11) is 0. The van der Waals surface area contributed by atoms with Crippen LogP contribution in [0.5, 0.6) is 0 Å². The van der Waals surface area contributed by atoms with Gasteiger partial charge in [-0.1, -0.05) is 29.3 Å². The van der Waals surface area contributed by atoms with Crippen molar-refractivity contribution in [3.8, 4) is 0 Å². The Kier molecular flexibility index (Phi) is 4.45. The molecule has 0 amide bonds. The number of nitrogens with one attached hydrogen (secondary N) is 1. The molecule has 4 heteroatoms. The molecule has 0 aliphatic carbocycles. The summed E-state index contributed by atoms with van der Waals surface area (Å²) >= 11 is 0.